The molecule has 0 fully saturated rings. The second-order valence-electron chi connectivity index (χ2n) is 4.32. The van der Waals surface area contributed by atoms with Crippen LogP contribution in [0.15, 0.2) is 36.7 Å². The summed E-state index contributed by atoms with van der Waals surface area (Å²) in [5.41, 5.74) is 7.77. The number of anilines is 2. The summed E-state index contributed by atoms with van der Waals surface area (Å²) in [6.07, 6.45) is 1.53. The van der Waals surface area contributed by atoms with Crippen LogP contribution in [0.25, 0.3) is 11.2 Å². The van der Waals surface area contributed by atoms with Gasteiger partial charge in [0.25, 0.3) is 0 Å². The highest BCUT2D eigenvalue weighted by molar-refractivity contribution is 5.83. The van der Waals surface area contributed by atoms with Crippen molar-refractivity contribution in [2.45, 2.75) is 6.04 Å². The van der Waals surface area contributed by atoms with Crippen molar-refractivity contribution in [2.75, 3.05) is 17.7 Å². The zero-order chi connectivity index (χ0) is 13.9. The zero-order valence-corrected chi connectivity index (χ0v) is 10.6. The summed E-state index contributed by atoms with van der Waals surface area (Å²) in [6.45, 7) is -0.0659. The van der Waals surface area contributed by atoms with Crippen LogP contribution in [0.2, 0.25) is 0 Å². The van der Waals surface area contributed by atoms with Gasteiger partial charge in [0.1, 0.15) is 5.52 Å². The predicted molar refractivity (Wildman–Crippen MR) is 76.0 cm³/mol. The van der Waals surface area contributed by atoms with E-state index >= 15 is 0 Å². The molecule has 20 heavy (non-hydrogen) atoms. The topological polar surface area (TPSA) is 113 Å². The Hall–Kier alpha value is -2.67. The Morgan fingerprint density at radius 1 is 1.25 bits per heavy atom. The fourth-order valence-electron chi connectivity index (χ4n) is 2.04. The van der Waals surface area contributed by atoms with Gasteiger partial charge in [-0.25, -0.2) is 4.98 Å². The molecule has 0 radical (unpaired) electrons. The van der Waals surface area contributed by atoms with Crippen molar-refractivity contribution in [3.63, 3.8) is 0 Å². The standard InChI is InChI=1S/C13H14N6O/c14-13-18-11-10(15-7-16-11)12(19-13)17-9(6-20)8-4-2-1-3-5-8/h1-5,7,9,20H,6H2,(H4,14,15,16,17,18,19). The number of imidazole rings is 1. The molecule has 2 heterocycles. The van der Waals surface area contributed by atoms with Gasteiger partial charge in [0.2, 0.25) is 5.95 Å². The predicted octanol–water partition coefficient (Wildman–Crippen LogP) is 1.08. The third-order valence-electron chi connectivity index (χ3n) is 3.00. The van der Waals surface area contributed by atoms with E-state index in [2.05, 4.69) is 25.3 Å². The lowest BCUT2D eigenvalue weighted by molar-refractivity contribution is 0.276. The highest BCUT2D eigenvalue weighted by Crippen LogP contribution is 2.23. The molecule has 3 rings (SSSR count). The Balaban J connectivity index is 1.97. The summed E-state index contributed by atoms with van der Waals surface area (Å²) >= 11 is 0. The largest absolute Gasteiger partial charge is 0.394 e. The molecule has 0 aliphatic rings. The average molecular weight is 270 g/mol. The first-order chi connectivity index (χ1) is 9.78. The number of nitrogens with two attached hydrogens (primary N) is 1. The van der Waals surface area contributed by atoms with Crippen molar-refractivity contribution in [3.8, 4) is 0 Å². The number of nitrogens with one attached hydrogen (secondary N) is 2. The summed E-state index contributed by atoms with van der Waals surface area (Å²) in [5.74, 6) is 0.657. The number of aromatic nitrogens is 4. The smallest absolute Gasteiger partial charge is 0.224 e. The second kappa shape index (κ2) is 5.14. The minimum Gasteiger partial charge on any atom is -0.394 e. The Morgan fingerprint density at radius 2 is 2.05 bits per heavy atom. The molecule has 0 spiro atoms. The molecule has 7 nitrogen and oxygen atoms in total. The molecule has 1 atom stereocenters. The van der Waals surface area contributed by atoms with Gasteiger partial charge >= 0.3 is 0 Å². The maximum atomic E-state index is 9.57. The van der Waals surface area contributed by atoms with Crippen LogP contribution in [-0.2, 0) is 0 Å². The molecular formula is C13H14N6O. The third kappa shape index (κ3) is 2.26. The maximum Gasteiger partial charge on any atom is 0.224 e. The molecule has 0 saturated heterocycles. The first kappa shape index (κ1) is 12.4. The Kier molecular flexibility index (Phi) is 3.18. The maximum absolute atomic E-state index is 9.57. The van der Waals surface area contributed by atoms with Gasteiger partial charge in [0, 0.05) is 0 Å². The lowest BCUT2D eigenvalue weighted by atomic mass is 10.1. The zero-order valence-electron chi connectivity index (χ0n) is 10.6. The number of H-pyrrole nitrogens is 1. The summed E-state index contributed by atoms with van der Waals surface area (Å²) in [6, 6.07) is 9.34. The molecule has 1 unspecified atom stereocenters. The van der Waals surface area contributed by atoms with Gasteiger partial charge in [-0.05, 0) is 5.56 Å². The minimum absolute atomic E-state index is 0.0659. The van der Waals surface area contributed by atoms with Gasteiger partial charge in [-0.15, -0.1) is 0 Å². The van der Waals surface area contributed by atoms with E-state index in [1.165, 1.54) is 6.33 Å². The normalized spacial score (nSPS) is 12.4. The van der Waals surface area contributed by atoms with E-state index in [9.17, 15) is 5.11 Å². The van der Waals surface area contributed by atoms with Crippen LogP contribution in [0.1, 0.15) is 11.6 Å². The highest BCUT2D eigenvalue weighted by Gasteiger charge is 2.14. The fraction of sp³-hybridized carbons (Fsp3) is 0.154. The average Bonchev–Trinajstić information content (AvgIpc) is 2.93. The van der Waals surface area contributed by atoms with E-state index < -0.39 is 0 Å². The second-order valence-corrected chi connectivity index (χ2v) is 4.32. The summed E-state index contributed by atoms with van der Waals surface area (Å²) in [4.78, 5) is 15.2. The number of hydrogen-bond donors (Lipinski definition) is 4. The SMILES string of the molecule is Nc1nc(NC(CO)c2ccccc2)c2[nH]cnc2n1. The lowest BCUT2D eigenvalue weighted by Gasteiger charge is -2.17. The molecule has 0 bridgehead atoms. The summed E-state index contributed by atoms with van der Waals surface area (Å²) in [7, 11) is 0. The number of aliphatic hydroxyl groups excluding tert-OH is 1. The van der Waals surface area contributed by atoms with Crippen molar-refractivity contribution in [1.82, 2.24) is 19.9 Å². The lowest BCUT2D eigenvalue weighted by Crippen LogP contribution is -2.16. The van der Waals surface area contributed by atoms with Crippen LogP contribution in [-0.4, -0.2) is 31.6 Å². The van der Waals surface area contributed by atoms with Gasteiger partial charge in [0.15, 0.2) is 11.5 Å². The Bertz CT molecular complexity index is 711. The first-order valence-corrected chi connectivity index (χ1v) is 6.17. The number of aromatic amines is 1. The monoisotopic (exact) mass is 270 g/mol. The number of rotatable bonds is 4. The van der Waals surface area contributed by atoms with Gasteiger partial charge in [-0.3, -0.25) is 0 Å². The van der Waals surface area contributed by atoms with Crippen LogP contribution < -0.4 is 11.1 Å². The van der Waals surface area contributed by atoms with E-state index in [-0.39, 0.29) is 18.6 Å². The molecule has 5 N–H and O–H groups in total. The van der Waals surface area contributed by atoms with Crippen molar-refractivity contribution in [3.05, 3.63) is 42.2 Å². The van der Waals surface area contributed by atoms with Crippen LogP contribution in [0.3, 0.4) is 0 Å². The number of hydrogen-bond acceptors (Lipinski definition) is 6. The number of nitrogen functional groups attached to an aromatic ring is 1. The van der Waals surface area contributed by atoms with Gasteiger partial charge in [0.05, 0.1) is 19.0 Å². The molecule has 0 saturated carbocycles. The molecule has 2 aromatic heterocycles. The number of benzene rings is 1. The van der Waals surface area contributed by atoms with Crippen molar-refractivity contribution >= 4 is 22.9 Å². The van der Waals surface area contributed by atoms with Crippen LogP contribution in [0.4, 0.5) is 11.8 Å². The molecule has 1 aromatic carbocycles. The number of nitrogens with zero attached hydrogens (tertiary/aromatic N) is 3. The first-order valence-electron chi connectivity index (χ1n) is 6.17. The Labute approximate surface area is 114 Å². The van der Waals surface area contributed by atoms with Gasteiger partial charge in [-0.1, -0.05) is 30.3 Å². The molecule has 7 heteroatoms. The molecular weight excluding hydrogens is 256 g/mol. The van der Waals surface area contributed by atoms with E-state index in [0.717, 1.165) is 5.56 Å². The molecule has 0 aliphatic heterocycles. The van der Waals surface area contributed by atoms with Crippen LogP contribution in [0, 0.1) is 0 Å². The molecule has 3 aromatic rings. The summed E-state index contributed by atoms with van der Waals surface area (Å²) in [5, 5.41) is 12.7. The number of aliphatic hydroxyl groups is 1. The highest BCUT2D eigenvalue weighted by atomic mass is 16.3. The molecule has 0 amide bonds. The Morgan fingerprint density at radius 3 is 2.80 bits per heavy atom. The van der Waals surface area contributed by atoms with Gasteiger partial charge < -0.3 is 21.1 Å². The fourth-order valence-corrected chi connectivity index (χ4v) is 2.04. The quantitative estimate of drug-likeness (QED) is 0.564. The molecule has 0 aliphatic carbocycles. The van der Waals surface area contributed by atoms with E-state index in [4.69, 9.17) is 5.73 Å². The molecule has 102 valence electrons. The van der Waals surface area contributed by atoms with Crippen LogP contribution in [0.5, 0.6) is 0 Å². The van der Waals surface area contributed by atoms with Gasteiger partial charge in [-0.2, -0.15) is 9.97 Å². The van der Waals surface area contributed by atoms with Crippen LogP contribution >= 0.6 is 0 Å². The van der Waals surface area contributed by atoms with E-state index in [0.29, 0.717) is 17.0 Å². The van der Waals surface area contributed by atoms with E-state index in [1.54, 1.807) is 0 Å². The van der Waals surface area contributed by atoms with E-state index in [1.807, 2.05) is 30.3 Å². The third-order valence-corrected chi connectivity index (χ3v) is 3.00. The number of fused-ring (bicyclic) bond motifs is 1. The summed E-state index contributed by atoms with van der Waals surface area (Å²) < 4.78 is 0. The van der Waals surface area contributed by atoms with Crippen molar-refractivity contribution < 1.29 is 5.11 Å². The van der Waals surface area contributed by atoms with Crippen molar-refractivity contribution in [2.24, 2.45) is 0 Å². The minimum atomic E-state index is -0.281. The van der Waals surface area contributed by atoms with Crippen molar-refractivity contribution in [1.29, 1.82) is 0 Å².